The zero-order valence-electron chi connectivity index (χ0n) is 11.6. The molecule has 1 aliphatic rings. The lowest BCUT2D eigenvalue weighted by atomic mass is 10.0. The molecule has 104 valence electrons. The summed E-state index contributed by atoms with van der Waals surface area (Å²) in [5.74, 6) is 0.0199. The van der Waals surface area contributed by atoms with Crippen molar-refractivity contribution in [2.75, 3.05) is 13.2 Å². The summed E-state index contributed by atoms with van der Waals surface area (Å²) in [7, 11) is 0. The first kappa shape index (κ1) is 14.0. The Bertz CT molecular complexity index is 421. The molecule has 0 aromatic heterocycles. The van der Waals surface area contributed by atoms with E-state index in [2.05, 4.69) is 0 Å². The van der Waals surface area contributed by atoms with E-state index >= 15 is 0 Å². The van der Waals surface area contributed by atoms with Crippen molar-refractivity contribution in [3.8, 4) is 0 Å². The molecule has 19 heavy (non-hydrogen) atoms. The zero-order chi connectivity index (χ0) is 13.8. The van der Waals surface area contributed by atoms with Crippen LogP contribution >= 0.6 is 0 Å². The molecule has 0 radical (unpaired) electrons. The second-order valence-electron chi connectivity index (χ2n) is 5.08. The minimum Gasteiger partial charge on any atom is -0.374 e. The zero-order valence-corrected chi connectivity index (χ0v) is 11.6. The van der Waals surface area contributed by atoms with E-state index in [1.165, 1.54) is 0 Å². The molecule has 0 unspecified atom stereocenters. The van der Waals surface area contributed by atoms with Crippen molar-refractivity contribution in [3.63, 3.8) is 0 Å². The Morgan fingerprint density at radius 3 is 2.79 bits per heavy atom. The molecule has 1 aromatic carbocycles. The number of carbonyl (C=O) groups excluding carboxylic acids is 1. The van der Waals surface area contributed by atoms with Crippen LogP contribution in [0.3, 0.4) is 0 Å². The van der Waals surface area contributed by atoms with Gasteiger partial charge in [-0.1, -0.05) is 37.3 Å². The van der Waals surface area contributed by atoms with E-state index in [9.17, 15) is 4.79 Å². The second-order valence-corrected chi connectivity index (χ2v) is 5.08. The largest absolute Gasteiger partial charge is 0.374 e. The third-order valence-corrected chi connectivity index (χ3v) is 3.59. The maximum absolute atomic E-state index is 12.4. The lowest BCUT2D eigenvalue weighted by Crippen LogP contribution is -2.52. The number of amides is 1. The number of hydrogen-bond donors (Lipinski definition) is 1. The van der Waals surface area contributed by atoms with Gasteiger partial charge in [0.2, 0.25) is 5.91 Å². The van der Waals surface area contributed by atoms with Gasteiger partial charge < -0.3 is 15.4 Å². The van der Waals surface area contributed by atoms with Gasteiger partial charge in [-0.25, -0.2) is 0 Å². The molecule has 2 N–H and O–H groups in total. The Hall–Kier alpha value is -1.39. The van der Waals surface area contributed by atoms with Gasteiger partial charge in [0, 0.05) is 6.54 Å². The fourth-order valence-corrected chi connectivity index (χ4v) is 2.38. The van der Waals surface area contributed by atoms with E-state index in [0.717, 1.165) is 5.56 Å². The Morgan fingerprint density at radius 2 is 2.16 bits per heavy atom. The fourth-order valence-electron chi connectivity index (χ4n) is 2.38. The quantitative estimate of drug-likeness (QED) is 0.902. The molecular formula is C15H22N2O2. The van der Waals surface area contributed by atoms with Gasteiger partial charge in [-0.2, -0.15) is 0 Å². The Balaban J connectivity index is 2.22. The number of benzene rings is 1. The van der Waals surface area contributed by atoms with Crippen molar-refractivity contribution < 1.29 is 9.53 Å². The number of rotatable bonds is 3. The van der Waals surface area contributed by atoms with Crippen molar-refractivity contribution in [3.05, 3.63) is 35.9 Å². The Labute approximate surface area is 114 Å². The first-order chi connectivity index (χ1) is 9.13. The maximum atomic E-state index is 12.4. The topological polar surface area (TPSA) is 55.6 Å². The van der Waals surface area contributed by atoms with Crippen LogP contribution in [0.15, 0.2) is 30.3 Å². The van der Waals surface area contributed by atoms with Crippen LogP contribution in [0.25, 0.3) is 0 Å². The SMILES string of the molecule is CC[C@H](N)C(=O)N1C[C@@H](C)OC[C@H]1c1ccccc1. The number of nitrogens with zero attached hydrogens (tertiary/aromatic N) is 1. The summed E-state index contributed by atoms with van der Waals surface area (Å²) < 4.78 is 5.70. The monoisotopic (exact) mass is 262 g/mol. The molecule has 1 heterocycles. The molecule has 1 aliphatic heterocycles. The van der Waals surface area contributed by atoms with Crippen LogP contribution in [0.4, 0.5) is 0 Å². The molecule has 1 fully saturated rings. The summed E-state index contributed by atoms with van der Waals surface area (Å²) in [5.41, 5.74) is 7.00. The van der Waals surface area contributed by atoms with Crippen LogP contribution in [-0.4, -0.2) is 36.1 Å². The van der Waals surface area contributed by atoms with E-state index in [1.54, 1.807) is 0 Å². The Morgan fingerprint density at radius 1 is 1.47 bits per heavy atom. The smallest absolute Gasteiger partial charge is 0.240 e. The highest BCUT2D eigenvalue weighted by Gasteiger charge is 2.33. The standard InChI is InChI=1S/C15H22N2O2/c1-3-13(16)15(18)17-9-11(2)19-10-14(17)12-7-5-4-6-8-12/h4-8,11,13-14H,3,9-10,16H2,1-2H3/t11-,13+,14+/m1/s1. The van der Waals surface area contributed by atoms with Gasteiger partial charge in [0.05, 0.1) is 24.8 Å². The molecular weight excluding hydrogens is 240 g/mol. The molecule has 1 saturated heterocycles. The van der Waals surface area contributed by atoms with Crippen LogP contribution in [0.2, 0.25) is 0 Å². The van der Waals surface area contributed by atoms with Crippen LogP contribution < -0.4 is 5.73 Å². The minimum absolute atomic E-state index is 0.0199. The summed E-state index contributed by atoms with van der Waals surface area (Å²) in [4.78, 5) is 14.3. The summed E-state index contributed by atoms with van der Waals surface area (Å²) in [6, 6.07) is 9.55. The Kier molecular flexibility index (Phi) is 4.56. The molecule has 0 bridgehead atoms. The van der Waals surface area contributed by atoms with Crippen molar-refractivity contribution in [1.29, 1.82) is 0 Å². The number of carbonyl (C=O) groups is 1. The average molecular weight is 262 g/mol. The minimum atomic E-state index is -0.420. The first-order valence-corrected chi connectivity index (χ1v) is 6.86. The van der Waals surface area contributed by atoms with E-state index < -0.39 is 6.04 Å². The number of hydrogen-bond acceptors (Lipinski definition) is 3. The third kappa shape index (κ3) is 3.14. The molecule has 1 aromatic rings. The summed E-state index contributed by atoms with van der Waals surface area (Å²) >= 11 is 0. The fraction of sp³-hybridized carbons (Fsp3) is 0.533. The molecule has 3 atom stereocenters. The van der Waals surface area contributed by atoms with Gasteiger partial charge in [0.15, 0.2) is 0 Å². The van der Waals surface area contributed by atoms with Crippen LogP contribution in [-0.2, 0) is 9.53 Å². The second kappa shape index (κ2) is 6.17. The summed E-state index contributed by atoms with van der Waals surface area (Å²) in [6.45, 7) is 5.06. The van der Waals surface area contributed by atoms with Gasteiger partial charge in [-0.15, -0.1) is 0 Å². The van der Waals surface area contributed by atoms with Gasteiger partial charge in [-0.05, 0) is 18.9 Å². The van der Waals surface area contributed by atoms with Crippen molar-refractivity contribution >= 4 is 5.91 Å². The van der Waals surface area contributed by atoms with Gasteiger partial charge in [0.1, 0.15) is 0 Å². The lowest BCUT2D eigenvalue weighted by molar-refractivity contribution is -0.146. The first-order valence-electron chi connectivity index (χ1n) is 6.86. The predicted molar refractivity (Wildman–Crippen MR) is 74.6 cm³/mol. The van der Waals surface area contributed by atoms with Crippen LogP contribution in [0.1, 0.15) is 31.9 Å². The highest BCUT2D eigenvalue weighted by Crippen LogP contribution is 2.26. The highest BCUT2D eigenvalue weighted by atomic mass is 16.5. The number of ether oxygens (including phenoxy) is 1. The van der Waals surface area contributed by atoms with Crippen molar-refractivity contribution in [2.45, 2.75) is 38.5 Å². The third-order valence-electron chi connectivity index (χ3n) is 3.59. The van der Waals surface area contributed by atoms with Gasteiger partial charge in [0.25, 0.3) is 0 Å². The number of morpholine rings is 1. The number of nitrogens with two attached hydrogens (primary N) is 1. The molecule has 0 spiro atoms. The predicted octanol–water partition coefficient (Wildman–Crippen LogP) is 1.71. The van der Waals surface area contributed by atoms with Crippen molar-refractivity contribution in [2.24, 2.45) is 5.73 Å². The van der Waals surface area contributed by atoms with Crippen LogP contribution in [0, 0.1) is 0 Å². The molecule has 4 nitrogen and oxygen atoms in total. The van der Waals surface area contributed by atoms with E-state index in [0.29, 0.717) is 19.6 Å². The summed E-state index contributed by atoms with van der Waals surface area (Å²) in [6.07, 6.45) is 0.722. The van der Waals surface area contributed by atoms with E-state index in [-0.39, 0.29) is 18.1 Å². The molecule has 4 heteroatoms. The molecule has 2 rings (SSSR count). The van der Waals surface area contributed by atoms with Crippen molar-refractivity contribution in [1.82, 2.24) is 4.90 Å². The lowest BCUT2D eigenvalue weighted by Gasteiger charge is -2.40. The average Bonchev–Trinajstić information content (AvgIpc) is 2.46. The molecule has 0 saturated carbocycles. The van der Waals surface area contributed by atoms with Crippen LogP contribution in [0.5, 0.6) is 0 Å². The van der Waals surface area contributed by atoms with Gasteiger partial charge in [-0.3, -0.25) is 4.79 Å². The van der Waals surface area contributed by atoms with E-state index in [1.807, 2.05) is 49.1 Å². The normalized spacial score (nSPS) is 25.1. The highest BCUT2D eigenvalue weighted by molar-refractivity contribution is 5.82. The van der Waals surface area contributed by atoms with Gasteiger partial charge >= 0.3 is 0 Å². The molecule has 0 aliphatic carbocycles. The maximum Gasteiger partial charge on any atom is 0.240 e. The summed E-state index contributed by atoms with van der Waals surface area (Å²) in [5, 5.41) is 0. The van der Waals surface area contributed by atoms with E-state index in [4.69, 9.17) is 10.5 Å². The molecule has 1 amide bonds.